The molecule has 0 saturated carbocycles. The van der Waals surface area contributed by atoms with E-state index in [2.05, 4.69) is 4.90 Å². The number of methoxy groups -OCH3 is 1. The lowest BCUT2D eigenvalue weighted by Crippen LogP contribution is -2.35. The highest BCUT2D eigenvalue weighted by atomic mass is 32.2. The molecule has 4 rings (SSSR count). The molecule has 0 bridgehead atoms. The molecule has 1 heterocycles. The highest BCUT2D eigenvalue weighted by Gasteiger charge is 2.31. The zero-order valence-electron chi connectivity index (χ0n) is 24.2. The molecule has 1 fully saturated rings. The van der Waals surface area contributed by atoms with Crippen LogP contribution in [0, 0.1) is 0 Å². The number of hydrogen-bond acceptors (Lipinski definition) is 9. The van der Waals surface area contributed by atoms with Gasteiger partial charge >= 0.3 is 0 Å². The Morgan fingerprint density at radius 3 is 2.57 bits per heavy atom. The Balaban J connectivity index is 1.47. The van der Waals surface area contributed by atoms with Crippen molar-refractivity contribution in [1.29, 1.82) is 0 Å². The third kappa shape index (κ3) is 8.31. The van der Waals surface area contributed by atoms with Gasteiger partial charge in [0.15, 0.2) is 5.94 Å². The largest absolute Gasteiger partial charge is 0.508 e. The van der Waals surface area contributed by atoms with E-state index in [1.165, 1.54) is 25.3 Å². The smallest absolute Gasteiger partial charge is 0.202 e. The SMILES string of the molecule is CCCOCS(=O)(=O)c1ccc(C2CCC(CN(Cc3ccccc3)CC(O)c3ccc(O)cc3CO)O2)c(OC)c1. The zero-order valence-corrected chi connectivity index (χ0v) is 25.0. The van der Waals surface area contributed by atoms with Gasteiger partial charge in [-0.3, -0.25) is 4.90 Å². The molecule has 0 spiro atoms. The van der Waals surface area contributed by atoms with Crippen LogP contribution in [0.4, 0.5) is 0 Å². The van der Waals surface area contributed by atoms with Gasteiger partial charge in [-0.15, -0.1) is 0 Å². The minimum absolute atomic E-state index is 0.0347. The number of aromatic hydroxyl groups is 1. The van der Waals surface area contributed by atoms with Gasteiger partial charge in [-0.05, 0) is 60.2 Å². The number of hydrogen-bond donors (Lipinski definition) is 3. The third-order valence-corrected chi connectivity index (χ3v) is 8.85. The number of aliphatic hydroxyl groups is 2. The highest BCUT2D eigenvalue weighted by Crippen LogP contribution is 2.39. The van der Waals surface area contributed by atoms with Crippen molar-refractivity contribution in [1.82, 2.24) is 4.90 Å². The van der Waals surface area contributed by atoms with Crippen molar-refractivity contribution in [2.75, 3.05) is 32.7 Å². The summed E-state index contributed by atoms with van der Waals surface area (Å²) in [4.78, 5) is 2.28. The summed E-state index contributed by atoms with van der Waals surface area (Å²) in [5, 5.41) is 30.7. The zero-order chi connectivity index (χ0) is 30.1. The van der Waals surface area contributed by atoms with Crippen LogP contribution in [0.15, 0.2) is 71.6 Å². The second-order valence-electron chi connectivity index (χ2n) is 10.6. The van der Waals surface area contributed by atoms with E-state index in [1.807, 2.05) is 37.3 Å². The van der Waals surface area contributed by atoms with Crippen LogP contribution < -0.4 is 4.74 Å². The summed E-state index contributed by atoms with van der Waals surface area (Å²) >= 11 is 0. The average molecular weight is 600 g/mol. The molecule has 3 aromatic rings. The van der Waals surface area contributed by atoms with Crippen molar-refractivity contribution >= 4 is 9.84 Å². The Labute approximate surface area is 248 Å². The van der Waals surface area contributed by atoms with Crippen LogP contribution in [0.1, 0.15) is 60.6 Å². The maximum atomic E-state index is 12.7. The van der Waals surface area contributed by atoms with Crippen LogP contribution in [0.3, 0.4) is 0 Å². The molecule has 10 heteroatoms. The summed E-state index contributed by atoms with van der Waals surface area (Å²) in [6, 6.07) is 19.4. The van der Waals surface area contributed by atoms with E-state index >= 15 is 0 Å². The lowest BCUT2D eigenvalue weighted by molar-refractivity contribution is 0.00871. The molecule has 1 aliphatic rings. The first kappa shape index (κ1) is 31.9. The molecule has 3 unspecified atom stereocenters. The number of aliphatic hydroxyl groups excluding tert-OH is 2. The van der Waals surface area contributed by atoms with Crippen LogP contribution in [-0.2, 0) is 32.5 Å². The Hall–Kier alpha value is -2.99. The summed E-state index contributed by atoms with van der Waals surface area (Å²) in [5.74, 6) is 0.114. The number of phenolic OH excluding ortho intramolecular Hbond substituents is 1. The predicted molar refractivity (Wildman–Crippen MR) is 159 cm³/mol. The summed E-state index contributed by atoms with van der Waals surface area (Å²) in [7, 11) is -2.09. The fourth-order valence-electron chi connectivity index (χ4n) is 5.33. The molecule has 3 N–H and O–H groups in total. The number of benzene rings is 3. The molecule has 3 atom stereocenters. The van der Waals surface area contributed by atoms with Crippen molar-refractivity contribution < 1.29 is 37.9 Å². The summed E-state index contributed by atoms with van der Waals surface area (Å²) < 4.78 is 42.7. The van der Waals surface area contributed by atoms with Gasteiger partial charge in [-0.25, -0.2) is 8.42 Å². The number of sulfone groups is 1. The first-order chi connectivity index (χ1) is 20.2. The van der Waals surface area contributed by atoms with Crippen molar-refractivity contribution in [3.05, 3.63) is 89.0 Å². The third-order valence-electron chi connectivity index (χ3n) is 7.40. The lowest BCUT2D eigenvalue weighted by atomic mass is 10.0. The molecule has 3 aromatic carbocycles. The van der Waals surface area contributed by atoms with E-state index < -0.39 is 15.9 Å². The van der Waals surface area contributed by atoms with Gasteiger partial charge in [0, 0.05) is 31.8 Å². The minimum atomic E-state index is -3.61. The first-order valence-corrected chi connectivity index (χ1v) is 15.9. The van der Waals surface area contributed by atoms with E-state index in [-0.39, 0.29) is 35.4 Å². The molecule has 0 aromatic heterocycles. The van der Waals surface area contributed by atoms with E-state index in [0.717, 1.165) is 30.4 Å². The maximum absolute atomic E-state index is 12.7. The molecule has 0 amide bonds. The minimum Gasteiger partial charge on any atom is -0.508 e. The Bertz CT molecular complexity index is 1400. The van der Waals surface area contributed by atoms with Crippen molar-refractivity contribution in [2.24, 2.45) is 0 Å². The van der Waals surface area contributed by atoms with Crippen LogP contribution in [0.2, 0.25) is 0 Å². The maximum Gasteiger partial charge on any atom is 0.202 e. The van der Waals surface area contributed by atoms with Crippen LogP contribution >= 0.6 is 0 Å². The number of ether oxygens (including phenoxy) is 3. The second kappa shape index (κ2) is 15.0. The monoisotopic (exact) mass is 599 g/mol. The van der Waals surface area contributed by atoms with E-state index in [9.17, 15) is 23.7 Å². The summed E-state index contributed by atoms with van der Waals surface area (Å²) in [6.45, 7) is 3.45. The number of rotatable bonds is 15. The topological polar surface area (TPSA) is 126 Å². The molecule has 42 heavy (non-hydrogen) atoms. The van der Waals surface area contributed by atoms with Gasteiger partial charge in [-0.1, -0.05) is 49.4 Å². The fraction of sp³-hybridized carbons (Fsp3) is 0.438. The Morgan fingerprint density at radius 1 is 1.07 bits per heavy atom. The highest BCUT2D eigenvalue weighted by molar-refractivity contribution is 7.91. The molecule has 9 nitrogen and oxygen atoms in total. The van der Waals surface area contributed by atoms with Crippen molar-refractivity contribution in [3.63, 3.8) is 0 Å². The van der Waals surface area contributed by atoms with E-state index in [4.69, 9.17) is 14.2 Å². The Kier molecular flexibility index (Phi) is 11.4. The molecule has 228 valence electrons. The van der Waals surface area contributed by atoms with Crippen LogP contribution in [0.25, 0.3) is 0 Å². The molecular formula is C32H41NO8S. The first-order valence-electron chi connectivity index (χ1n) is 14.2. The van der Waals surface area contributed by atoms with Crippen LogP contribution in [0.5, 0.6) is 11.5 Å². The standard InChI is InChI=1S/C32H41NO8S/c1-3-15-40-22-42(37,38)27-11-13-29(32(17-27)39-2)31-14-10-26(41-31)19-33(18-23-7-5-4-6-8-23)20-30(36)28-12-9-25(35)16-24(28)21-34/h4-9,11-13,16-17,26,30-31,34-36H,3,10,14-15,18-22H2,1-2H3. The van der Waals surface area contributed by atoms with Crippen molar-refractivity contribution in [3.8, 4) is 11.5 Å². The fourth-order valence-corrected chi connectivity index (χ4v) is 6.37. The molecule has 1 saturated heterocycles. The summed E-state index contributed by atoms with van der Waals surface area (Å²) in [6.07, 6.45) is 0.977. The second-order valence-corrected chi connectivity index (χ2v) is 12.5. The van der Waals surface area contributed by atoms with Gasteiger partial charge in [-0.2, -0.15) is 0 Å². The number of nitrogens with zero attached hydrogens (tertiary/aromatic N) is 1. The van der Waals surface area contributed by atoms with Gasteiger partial charge in [0.2, 0.25) is 9.84 Å². The Morgan fingerprint density at radius 2 is 1.86 bits per heavy atom. The average Bonchev–Trinajstić information content (AvgIpc) is 3.45. The van der Waals surface area contributed by atoms with Gasteiger partial charge < -0.3 is 29.5 Å². The molecular weight excluding hydrogens is 558 g/mol. The van der Waals surface area contributed by atoms with Crippen molar-refractivity contribution in [2.45, 2.75) is 62.5 Å². The van der Waals surface area contributed by atoms with Crippen LogP contribution in [-0.4, -0.2) is 67.5 Å². The van der Waals surface area contributed by atoms with E-state index in [1.54, 1.807) is 18.2 Å². The molecule has 1 aliphatic heterocycles. The quantitative estimate of drug-likeness (QED) is 0.216. The number of phenols is 1. The molecule has 0 radical (unpaired) electrons. The van der Waals surface area contributed by atoms with Gasteiger partial charge in [0.25, 0.3) is 0 Å². The van der Waals surface area contributed by atoms with E-state index in [0.29, 0.717) is 43.1 Å². The molecule has 0 aliphatic carbocycles. The lowest BCUT2D eigenvalue weighted by Gasteiger charge is -2.29. The predicted octanol–water partition coefficient (Wildman–Crippen LogP) is 4.51. The van der Waals surface area contributed by atoms with Gasteiger partial charge in [0.05, 0.1) is 36.9 Å². The normalized spacial score (nSPS) is 17.9. The summed E-state index contributed by atoms with van der Waals surface area (Å²) in [5.41, 5.74) is 2.93. The van der Waals surface area contributed by atoms with Gasteiger partial charge in [0.1, 0.15) is 11.5 Å².